The highest BCUT2D eigenvalue weighted by Crippen LogP contribution is 2.39. The van der Waals surface area contributed by atoms with Gasteiger partial charge in [0.25, 0.3) is 0 Å². The topological polar surface area (TPSA) is 147 Å². The number of aliphatic hydroxyl groups excluding tert-OH is 2. The molecule has 1 aliphatic rings. The summed E-state index contributed by atoms with van der Waals surface area (Å²) in [5.41, 5.74) is 1.69. The zero-order valence-electron chi connectivity index (χ0n) is 15.8. The van der Waals surface area contributed by atoms with Gasteiger partial charge in [-0.15, -0.1) is 12.6 Å². The molecule has 31 heavy (non-hydrogen) atoms. The minimum Gasteiger partial charge on any atom is -0.387 e. The van der Waals surface area contributed by atoms with Crippen molar-refractivity contribution in [2.45, 2.75) is 29.4 Å². The standard InChI is InChI=1S/C18H19ClN3O7PS/c19-18-20-13(9-4-2-1-3-5-9)12-11(31)6-22(16(12)21-18)17-15(24)14(23)10(29-17)7-28-8-30(25,26)27/h1-6,10,14-15,17,23-24,31H,7-8H2,(H2,25,26,27)/t10-,14-,15-,17-/m1/s1. The van der Waals surface area contributed by atoms with Crippen molar-refractivity contribution in [1.82, 2.24) is 14.5 Å². The Bertz CT molecular complexity index is 1140. The number of rotatable bonds is 6. The minimum atomic E-state index is -4.37. The van der Waals surface area contributed by atoms with Gasteiger partial charge in [0.1, 0.15) is 30.3 Å². The van der Waals surface area contributed by atoms with Crippen LogP contribution in [0.5, 0.6) is 0 Å². The molecule has 0 spiro atoms. The van der Waals surface area contributed by atoms with Gasteiger partial charge < -0.3 is 34.0 Å². The molecule has 4 N–H and O–H groups in total. The van der Waals surface area contributed by atoms with E-state index in [-0.39, 0.29) is 11.9 Å². The maximum absolute atomic E-state index is 10.9. The van der Waals surface area contributed by atoms with Gasteiger partial charge in [0.15, 0.2) is 6.23 Å². The van der Waals surface area contributed by atoms with E-state index in [4.69, 9.17) is 30.9 Å². The SMILES string of the molecule is O=P(O)(O)COC[C@H]1O[C@@H](n2cc(S)c3c(-c4ccccc4)nc(Cl)nc32)[C@H](O)[C@@H]1O. The quantitative estimate of drug-likeness (QED) is 0.199. The highest BCUT2D eigenvalue weighted by atomic mass is 35.5. The van der Waals surface area contributed by atoms with E-state index in [2.05, 4.69) is 22.6 Å². The molecule has 1 aromatic carbocycles. The van der Waals surface area contributed by atoms with Gasteiger partial charge in [0, 0.05) is 16.7 Å². The van der Waals surface area contributed by atoms with E-state index in [1.807, 2.05) is 30.3 Å². The van der Waals surface area contributed by atoms with Crippen LogP contribution in [0.1, 0.15) is 6.23 Å². The predicted molar refractivity (Wildman–Crippen MR) is 114 cm³/mol. The van der Waals surface area contributed by atoms with Crippen molar-refractivity contribution in [2.75, 3.05) is 13.0 Å². The Balaban J connectivity index is 1.69. The number of hydrogen-bond acceptors (Lipinski definition) is 8. The number of nitrogens with zero attached hydrogens (tertiary/aromatic N) is 3. The van der Waals surface area contributed by atoms with Crippen molar-refractivity contribution >= 4 is 42.9 Å². The van der Waals surface area contributed by atoms with Crippen LogP contribution in [0.25, 0.3) is 22.3 Å². The zero-order chi connectivity index (χ0) is 22.3. The van der Waals surface area contributed by atoms with Gasteiger partial charge in [-0.3, -0.25) is 4.57 Å². The third-order valence-corrected chi connectivity index (χ3v) is 5.85. The number of halogens is 1. The molecule has 13 heteroatoms. The minimum absolute atomic E-state index is 0.0198. The molecular formula is C18H19ClN3O7PS. The predicted octanol–water partition coefficient (Wildman–Crippen LogP) is 1.81. The van der Waals surface area contributed by atoms with Gasteiger partial charge in [0.2, 0.25) is 5.28 Å². The summed E-state index contributed by atoms with van der Waals surface area (Å²) >= 11 is 10.7. The summed E-state index contributed by atoms with van der Waals surface area (Å²) in [5.74, 6) is 0. The van der Waals surface area contributed by atoms with Crippen LogP contribution in [0.4, 0.5) is 0 Å². The highest BCUT2D eigenvalue weighted by Gasteiger charge is 2.44. The van der Waals surface area contributed by atoms with Gasteiger partial charge >= 0.3 is 7.60 Å². The fraction of sp³-hybridized carbons (Fsp3) is 0.333. The Kier molecular flexibility index (Phi) is 6.42. The number of aliphatic hydroxyl groups is 2. The third kappa shape index (κ3) is 4.65. The Morgan fingerprint density at radius 2 is 1.90 bits per heavy atom. The first-order chi connectivity index (χ1) is 14.7. The molecule has 0 amide bonds. The van der Waals surface area contributed by atoms with Gasteiger partial charge in [-0.05, 0) is 11.6 Å². The smallest absolute Gasteiger partial charge is 0.350 e. The van der Waals surface area contributed by atoms with Gasteiger partial charge in [-0.2, -0.15) is 4.98 Å². The molecule has 4 rings (SSSR count). The molecule has 0 radical (unpaired) electrons. The number of fused-ring (bicyclic) bond motifs is 1. The molecule has 166 valence electrons. The van der Waals surface area contributed by atoms with Crippen LogP contribution >= 0.6 is 31.8 Å². The number of aromatic nitrogens is 3. The summed E-state index contributed by atoms with van der Waals surface area (Å²) in [5, 5.41) is 21.5. The Morgan fingerprint density at radius 3 is 2.58 bits per heavy atom. The van der Waals surface area contributed by atoms with Crippen molar-refractivity contribution in [3.63, 3.8) is 0 Å². The van der Waals surface area contributed by atoms with Crippen LogP contribution in [0.15, 0.2) is 41.4 Å². The lowest BCUT2D eigenvalue weighted by Crippen LogP contribution is -2.33. The van der Waals surface area contributed by atoms with E-state index in [1.54, 1.807) is 6.20 Å². The van der Waals surface area contributed by atoms with Crippen LogP contribution < -0.4 is 0 Å². The van der Waals surface area contributed by atoms with Crippen molar-refractivity contribution in [3.8, 4) is 11.3 Å². The van der Waals surface area contributed by atoms with E-state index in [0.717, 1.165) is 5.56 Å². The Morgan fingerprint density at radius 1 is 1.19 bits per heavy atom. The molecule has 1 saturated heterocycles. The fourth-order valence-corrected chi connectivity index (χ4v) is 4.32. The lowest BCUT2D eigenvalue weighted by Gasteiger charge is -2.17. The molecule has 3 heterocycles. The van der Waals surface area contributed by atoms with Gasteiger partial charge in [0.05, 0.1) is 17.7 Å². The van der Waals surface area contributed by atoms with Crippen molar-refractivity contribution in [3.05, 3.63) is 41.8 Å². The second-order valence-electron chi connectivity index (χ2n) is 7.04. The summed E-state index contributed by atoms with van der Waals surface area (Å²) in [4.78, 5) is 26.9. The molecule has 0 saturated carbocycles. The molecule has 3 aromatic rings. The average Bonchev–Trinajstić information content (AvgIpc) is 3.18. The van der Waals surface area contributed by atoms with Crippen molar-refractivity contribution in [2.24, 2.45) is 0 Å². The molecule has 1 aliphatic heterocycles. The molecule has 0 aliphatic carbocycles. The lowest BCUT2D eigenvalue weighted by molar-refractivity contribution is -0.0612. The van der Waals surface area contributed by atoms with Crippen LogP contribution in [-0.4, -0.2) is 65.8 Å². The number of hydrogen-bond donors (Lipinski definition) is 5. The highest BCUT2D eigenvalue weighted by molar-refractivity contribution is 7.80. The summed E-state index contributed by atoms with van der Waals surface area (Å²) in [6.45, 7) is -0.322. The van der Waals surface area contributed by atoms with E-state index in [9.17, 15) is 14.8 Å². The average molecular weight is 488 g/mol. The number of benzene rings is 1. The molecule has 10 nitrogen and oxygen atoms in total. The fourth-order valence-electron chi connectivity index (χ4n) is 3.49. The van der Waals surface area contributed by atoms with Crippen LogP contribution in [-0.2, 0) is 14.0 Å². The second-order valence-corrected chi connectivity index (χ2v) is 9.45. The molecule has 0 bridgehead atoms. The van der Waals surface area contributed by atoms with Crippen LogP contribution in [0.3, 0.4) is 0 Å². The normalized spacial score (nSPS) is 24.2. The third-order valence-electron chi connectivity index (χ3n) is 4.82. The first-order valence-electron chi connectivity index (χ1n) is 9.12. The summed E-state index contributed by atoms with van der Waals surface area (Å²) in [6, 6.07) is 9.31. The van der Waals surface area contributed by atoms with E-state index < -0.39 is 38.5 Å². The van der Waals surface area contributed by atoms with Crippen molar-refractivity contribution < 1.29 is 34.0 Å². The number of ether oxygens (including phenoxy) is 2. The van der Waals surface area contributed by atoms with E-state index in [1.165, 1.54) is 4.57 Å². The molecular weight excluding hydrogens is 469 g/mol. The van der Waals surface area contributed by atoms with Crippen LogP contribution in [0.2, 0.25) is 5.28 Å². The first kappa shape index (κ1) is 22.7. The van der Waals surface area contributed by atoms with Gasteiger partial charge in [-0.1, -0.05) is 30.3 Å². The molecule has 0 unspecified atom stereocenters. The Hall–Kier alpha value is -1.53. The van der Waals surface area contributed by atoms with Gasteiger partial charge in [-0.25, -0.2) is 4.98 Å². The number of thiol groups is 1. The van der Waals surface area contributed by atoms with Crippen molar-refractivity contribution in [1.29, 1.82) is 0 Å². The lowest BCUT2D eigenvalue weighted by atomic mass is 10.1. The Labute approximate surface area is 187 Å². The molecule has 2 aromatic heterocycles. The molecule has 1 fully saturated rings. The summed E-state index contributed by atoms with van der Waals surface area (Å²) in [7, 11) is -4.37. The largest absolute Gasteiger partial charge is 0.387 e. The van der Waals surface area contributed by atoms with E-state index >= 15 is 0 Å². The first-order valence-corrected chi connectivity index (χ1v) is 11.7. The summed E-state index contributed by atoms with van der Waals surface area (Å²) in [6.07, 6.45) is -4.02. The maximum atomic E-state index is 10.9. The summed E-state index contributed by atoms with van der Waals surface area (Å²) < 4.78 is 23.1. The zero-order valence-corrected chi connectivity index (χ0v) is 18.4. The monoisotopic (exact) mass is 487 g/mol. The maximum Gasteiger partial charge on any atom is 0.350 e. The second kappa shape index (κ2) is 8.78. The van der Waals surface area contributed by atoms with Crippen LogP contribution in [0, 0.1) is 0 Å². The molecule has 4 atom stereocenters. The van der Waals surface area contributed by atoms with E-state index in [0.29, 0.717) is 21.6 Å².